The fraction of sp³-hybridized carbons (Fsp3) is 0.385. The van der Waals surface area contributed by atoms with E-state index in [2.05, 4.69) is 5.10 Å². The highest BCUT2D eigenvalue weighted by atomic mass is 16.3. The lowest BCUT2D eigenvalue weighted by atomic mass is 10.2. The highest BCUT2D eigenvalue weighted by Gasteiger charge is 2.22. The molecule has 2 aromatic heterocycles. The van der Waals surface area contributed by atoms with Crippen molar-refractivity contribution in [2.75, 3.05) is 12.8 Å². The Morgan fingerprint density at radius 2 is 2.21 bits per heavy atom. The number of nitrogens with two attached hydrogens (primary N) is 1. The third kappa shape index (κ3) is 2.33. The van der Waals surface area contributed by atoms with Crippen molar-refractivity contribution in [3.8, 4) is 0 Å². The number of nitrogens with zero attached hydrogens (tertiary/aromatic N) is 3. The molecule has 0 aliphatic heterocycles. The minimum atomic E-state index is -0.152. The van der Waals surface area contributed by atoms with Crippen molar-refractivity contribution >= 4 is 11.6 Å². The predicted molar refractivity (Wildman–Crippen MR) is 71.6 cm³/mol. The van der Waals surface area contributed by atoms with Crippen LogP contribution >= 0.6 is 0 Å². The summed E-state index contributed by atoms with van der Waals surface area (Å²) in [6.07, 6.45) is 1.62. The molecule has 0 saturated carbocycles. The largest absolute Gasteiger partial charge is 0.469 e. The van der Waals surface area contributed by atoms with Gasteiger partial charge >= 0.3 is 0 Å². The molecular formula is C13H18N4O2. The Morgan fingerprint density at radius 1 is 1.53 bits per heavy atom. The number of amides is 1. The third-order valence-electron chi connectivity index (χ3n) is 3.19. The molecule has 0 bridgehead atoms. The van der Waals surface area contributed by atoms with Crippen LogP contribution in [0.5, 0.6) is 0 Å². The fourth-order valence-electron chi connectivity index (χ4n) is 2.01. The maximum Gasteiger partial charge on any atom is 0.274 e. The number of nitrogen functional groups attached to an aromatic ring is 1. The first-order valence-electron chi connectivity index (χ1n) is 5.99. The molecule has 6 heteroatoms. The van der Waals surface area contributed by atoms with Crippen LogP contribution in [-0.2, 0) is 13.6 Å². The fourth-order valence-corrected chi connectivity index (χ4v) is 2.01. The summed E-state index contributed by atoms with van der Waals surface area (Å²) in [6.45, 7) is 4.13. The number of carbonyl (C=O) groups excluding carboxylic acids is 1. The molecule has 0 saturated heterocycles. The van der Waals surface area contributed by atoms with Crippen LogP contribution in [0.25, 0.3) is 0 Å². The van der Waals surface area contributed by atoms with Gasteiger partial charge in [-0.3, -0.25) is 9.48 Å². The summed E-state index contributed by atoms with van der Waals surface area (Å²) in [5, 5.41) is 4.15. The molecular weight excluding hydrogens is 244 g/mol. The Kier molecular flexibility index (Phi) is 3.33. The number of anilines is 1. The number of aromatic nitrogens is 2. The molecule has 1 amide bonds. The molecule has 102 valence electrons. The van der Waals surface area contributed by atoms with Crippen LogP contribution in [-0.4, -0.2) is 27.6 Å². The molecule has 0 atom stereocenters. The molecule has 2 aromatic rings. The van der Waals surface area contributed by atoms with Crippen LogP contribution in [0.1, 0.15) is 27.5 Å². The second-order valence-corrected chi connectivity index (χ2v) is 4.63. The van der Waals surface area contributed by atoms with Crippen LogP contribution in [0.4, 0.5) is 5.69 Å². The Bertz CT molecular complexity index is 612. The van der Waals surface area contributed by atoms with Gasteiger partial charge in [-0.15, -0.1) is 0 Å². The molecule has 2 N–H and O–H groups in total. The lowest BCUT2D eigenvalue weighted by Crippen LogP contribution is -2.28. The Morgan fingerprint density at radius 3 is 2.68 bits per heavy atom. The van der Waals surface area contributed by atoms with Crippen molar-refractivity contribution < 1.29 is 9.21 Å². The first-order chi connectivity index (χ1) is 8.91. The van der Waals surface area contributed by atoms with Gasteiger partial charge in [0, 0.05) is 26.2 Å². The number of carbonyl (C=O) groups is 1. The van der Waals surface area contributed by atoms with Gasteiger partial charge in [0.1, 0.15) is 11.5 Å². The molecule has 0 radical (unpaired) electrons. The van der Waals surface area contributed by atoms with Gasteiger partial charge in [0.15, 0.2) is 0 Å². The van der Waals surface area contributed by atoms with Crippen molar-refractivity contribution in [3.63, 3.8) is 0 Å². The number of hydrogen-bond donors (Lipinski definition) is 1. The number of rotatable bonds is 3. The van der Waals surface area contributed by atoms with E-state index < -0.39 is 0 Å². The lowest BCUT2D eigenvalue weighted by Gasteiger charge is -2.17. The van der Waals surface area contributed by atoms with Gasteiger partial charge in [0.2, 0.25) is 0 Å². The summed E-state index contributed by atoms with van der Waals surface area (Å²) in [7, 11) is 3.45. The average Bonchev–Trinajstić information content (AvgIpc) is 2.84. The van der Waals surface area contributed by atoms with Crippen molar-refractivity contribution in [2.24, 2.45) is 7.05 Å². The van der Waals surface area contributed by atoms with Crippen LogP contribution in [0.3, 0.4) is 0 Å². The van der Waals surface area contributed by atoms with Gasteiger partial charge in [-0.2, -0.15) is 5.10 Å². The molecule has 0 unspecified atom stereocenters. The second kappa shape index (κ2) is 4.79. The van der Waals surface area contributed by atoms with Crippen molar-refractivity contribution in [1.29, 1.82) is 0 Å². The quantitative estimate of drug-likeness (QED) is 0.909. The molecule has 0 fully saturated rings. The maximum absolute atomic E-state index is 12.4. The van der Waals surface area contributed by atoms with E-state index in [1.165, 1.54) is 4.68 Å². The Labute approximate surface area is 111 Å². The molecule has 2 rings (SSSR count). The Balaban J connectivity index is 2.22. The van der Waals surface area contributed by atoms with E-state index in [0.29, 0.717) is 23.6 Å². The Hall–Kier alpha value is -2.24. The second-order valence-electron chi connectivity index (χ2n) is 4.63. The number of hydrogen-bond acceptors (Lipinski definition) is 4. The van der Waals surface area contributed by atoms with Crippen molar-refractivity contribution in [1.82, 2.24) is 14.7 Å². The van der Waals surface area contributed by atoms with Crippen LogP contribution in [0, 0.1) is 13.8 Å². The minimum absolute atomic E-state index is 0.152. The molecule has 0 spiro atoms. The summed E-state index contributed by atoms with van der Waals surface area (Å²) in [6, 6.07) is 1.86. The molecule has 6 nitrogen and oxygen atoms in total. The maximum atomic E-state index is 12.4. The van der Waals surface area contributed by atoms with Crippen LogP contribution in [0.15, 0.2) is 16.7 Å². The number of aryl methyl sites for hydroxylation is 3. The first kappa shape index (κ1) is 13.2. The van der Waals surface area contributed by atoms with E-state index in [-0.39, 0.29) is 5.91 Å². The average molecular weight is 262 g/mol. The van der Waals surface area contributed by atoms with E-state index in [1.54, 1.807) is 32.2 Å². The topological polar surface area (TPSA) is 77.3 Å². The van der Waals surface area contributed by atoms with Crippen molar-refractivity contribution in [3.05, 3.63) is 35.0 Å². The predicted octanol–water partition coefficient (Wildman–Crippen LogP) is 1.48. The number of furan rings is 1. The lowest BCUT2D eigenvalue weighted by molar-refractivity contribution is 0.0775. The van der Waals surface area contributed by atoms with Gasteiger partial charge in [-0.05, 0) is 19.9 Å². The normalized spacial score (nSPS) is 10.7. The van der Waals surface area contributed by atoms with Gasteiger partial charge in [-0.1, -0.05) is 0 Å². The zero-order valence-electron chi connectivity index (χ0n) is 11.6. The minimum Gasteiger partial charge on any atom is -0.469 e. The highest BCUT2D eigenvalue weighted by Crippen LogP contribution is 2.19. The monoisotopic (exact) mass is 262 g/mol. The van der Waals surface area contributed by atoms with Gasteiger partial charge in [0.25, 0.3) is 5.91 Å². The van der Waals surface area contributed by atoms with E-state index in [4.69, 9.17) is 10.2 Å². The van der Waals surface area contributed by atoms with Crippen molar-refractivity contribution in [2.45, 2.75) is 20.4 Å². The SMILES string of the molecule is Cc1nn(C)c(C(=O)N(C)Cc2ccoc2C)c1N. The molecule has 0 aliphatic rings. The zero-order chi connectivity index (χ0) is 14.2. The van der Waals surface area contributed by atoms with E-state index in [1.807, 2.05) is 13.0 Å². The summed E-state index contributed by atoms with van der Waals surface area (Å²) >= 11 is 0. The standard InChI is InChI=1S/C13H18N4O2/c1-8-11(14)12(17(4)15-8)13(18)16(3)7-10-5-6-19-9(10)2/h5-6H,7,14H2,1-4H3. The zero-order valence-corrected chi connectivity index (χ0v) is 11.6. The summed E-state index contributed by atoms with van der Waals surface area (Å²) in [5.41, 5.74) is 8.39. The van der Waals surface area contributed by atoms with Gasteiger partial charge in [0.05, 0.1) is 17.6 Å². The van der Waals surface area contributed by atoms with Gasteiger partial charge in [-0.25, -0.2) is 0 Å². The first-order valence-corrected chi connectivity index (χ1v) is 5.99. The summed E-state index contributed by atoms with van der Waals surface area (Å²) < 4.78 is 6.74. The van der Waals surface area contributed by atoms with Gasteiger partial charge < -0.3 is 15.1 Å². The third-order valence-corrected chi connectivity index (χ3v) is 3.19. The molecule has 2 heterocycles. The molecule has 19 heavy (non-hydrogen) atoms. The van der Waals surface area contributed by atoms with Crippen LogP contribution < -0.4 is 5.73 Å². The summed E-state index contributed by atoms with van der Waals surface area (Å²) in [5.74, 6) is 0.662. The van der Waals surface area contributed by atoms with E-state index in [9.17, 15) is 4.79 Å². The molecule has 0 aromatic carbocycles. The van der Waals surface area contributed by atoms with E-state index in [0.717, 1.165) is 11.3 Å². The highest BCUT2D eigenvalue weighted by molar-refractivity contribution is 5.97. The van der Waals surface area contributed by atoms with E-state index >= 15 is 0 Å². The van der Waals surface area contributed by atoms with Crippen LogP contribution in [0.2, 0.25) is 0 Å². The summed E-state index contributed by atoms with van der Waals surface area (Å²) in [4.78, 5) is 14.0. The molecule has 0 aliphatic carbocycles. The smallest absolute Gasteiger partial charge is 0.274 e.